The smallest absolute Gasteiger partial charge is 0.212 e. The average Bonchev–Trinajstić information content (AvgIpc) is 1.99. The normalized spacial score (nSPS) is 22.6. The van der Waals surface area contributed by atoms with Crippen LogP contribution in [0.15, 0.2) is 0 Å². The average molecular weight is 271 g/mol. The molecule has 1 aliphatic rings. The van der Waals surface area contributed by atoms with Crippen LogP contribution in [-0.4, -0.2) is 33.3 Å². The largest absolute Gasteiger partial charge is 0.315 e. The van der Waals surface area contributed by atoms with Crippen LogP contribution in [0.4, 0.5) is 0 Å². The molecule has 0 aromatic rings. The molecule has 1 aliphatic heterocycles. The molecule has 0 bridgehead atoms. The van der Waals surface area contributed by atoms with E-state index in [1.807, 2.05) is 20.8 Å². The maximum atomic E-state index is 11.8. The molecule has 0 spiro atoms. The van der Waals surface area contributed by atoms with Crippen molar-refractivity contribution in [2.24, 2.45) is 5.41 Å². The van der Waals surface area contributed by atoms with Gasteiger partial charge in [0.15, 0.2) is 0 Å². The third-order valence-corrected chi connectivity index (χ3v) is 4.20. The highest BCUT2D eigenvalue weighted by molar-refractivity contribution is 7.89. The molecular weight excluding hydrogens is 248 g/mol. The van der Waals surface area contributed by atoms with Crippen LogP contribution in [-0.2, 0) is 10.0 Å². The molecular formula is C10H23ClN2O2S. The van der Waals surface area contributed by atoms with E-state index in [0.717, 1.165) is 25.9 Å². The zero-order valence-corrected chi connectivity index (χ0v) is 11.9. The first kappa shape index (κ1) is 16.2. The van der Waals surface area contributed by atoms with Crippen molar-refractivity contribution in [1.29, 1.82) is 0 Å². The van der Waals surface area contributed by atoms with E-state index < -0.39 is 10.0 Å². The standard InChI is InChI=1S/C10H22N2O2S.ClH/c1-10(2,3)8-15(13,14)12-9-5-4-6-11-7-9;/h9,11-12H,4-8H2,1-3H3;1H/t9-;/m0./s1. The van der Waals surface area contributed by atoms with Crippen molar-refractivity contribution < 1.29 is 8.42 Å². The van der Waals surface area contributed by atoms with Gasteiger partial charge in [-0.05, 0) is 24.8 Å². The quantitative estimate of drug-likeness (QED) is 0.808. The predicted molar refractivity (Wildman–Crippen MR) is 69.5 cm³/mol. The second-order valence-corrected chi connectivity index (χ2v) is 7.23. The van der Waals surface area contributed by atoms with Crippen LogP contribution >= 0.6 is 12.4 Å². The molecule has 4 nitrogen and oxygen atoms in total. The molecule has 0 saturated carbocycles. The van der Waals surface area contributed by atoms with E-state index in [-0.39, 0.29) is 29.6 Å². The van der Waals surface area contributed by atoms with Crippen molar-refractivity contribution in [3.63, 3.8) is 0 Å². The van der Waals surface area contributed by atoms with E-state index in [4.69, 9.17) is 0 Å². The first-order valence-electron chi connectivity index (χ1n) is 5.49. The highest BCUT2D eigenvalue weighted by Gasteiger charge is 2.25. The summed E-state index contributed by atoms with van der Waals surface area (Å²) in [6.45, 7) is 7.56. The predicted octanol–water partition coefficient (Wildman–Crippen LogP) is 1.13. The summed E-state index contributed by atoms with van der Waals surface area (Å²) >= 11 is 0. The fourth-order valence-electron chi connectivity index (χ4n) is 1.82. The molecule has 1 rings (SSSR count). The molecule has 0 aromatic heterocycles. The van der Waals surface area contributed by atoms with Gasteiger partial charge in [0.2, 0.25) is 10.0 Å². The Balaban J connectivity index is 0.00000225. The molecule has 1 atom stereocenters. The van der Waals surface area contributed by atoms with Gasteiger partial charge in [0, 0.05) is 12.6 Å². The molecule has 2 N–H and O–H groups in total. The SMILES string of the molecule is CC(C)(C)CS(=O)(=O)N[C@H]1CCCNC1.Cl. The first-order chi connectivity index (χ1) is 6.79. The highest BCUT2D eigenvalue weighted by Crippen LogP contribution is 2.16. The zero-order chi connectivity index (χ0) is 11.5. The van der Waals surface area contributed by atoms with Crippen molar-refractivity contribution >= 4 is 22.4 Å². The summed E-state index contributed by atoms with van der Waals surface area (Å²) < 4.78 is 26.3. The first-order valence-corrected chi connectivity index (χ1v) is 7.14. The minimum Gasteiger partial charge on any atom is -0.315 e. The van der Waals surface area contributed by atoms with E-state index >= 15 is 0 Å². The van der Waals surface area contributed by atoms with E-state index in [1.165, 1.54) is 0 Å². The van der Waals surface area contributed by atoms with Gasteiger partial charge >= 0.3 is 0 Å². The topological polar surface area (TPSA) is 58.2 Å². The molecule has 0 aliphatic carbocycles. The minimum atomic E-state index is -3.13. The van der Waals surface area contributed by atoms with Crippen LogP contribution in [0.5, 0.6) is 0 Å². The Morgan fingerprint density at radius 1 is 1.38 bits per heavy atom. The van der Waals surface area contributed by atoms with Gasteiger partial charge in [0.05, 0.1) is 5.75 Å². The Morgan fingerprint density at radius 2 is 2.00 bits per heavy atom. The number of sulfonamides is 1. The van der Waals surface area contributed by atoms with Crippen LogP contribution in [0.2, 0.25) is 0 Å². The Morgan fingerprint density at radius 3 is 2.44 bits per heavy atom. The maximum absolute atomic E-state index is 11.8. The second-order valence-electron chi connectivity index (χ2n) is 5.48. The van der Waals surface area contributed by atoms with Gasteiger partial charge in [0.25, 0.3) is 0 Å². The third-order valence-electron chi connectivity index (χ3n) is 2.27. The molecule has 0 unspecified atom stereocenters. The lowest BCUT2D eigenvalue weighted by Gasteiger charge is -2.26. The van der Waals surface area contributed by atoms with E-state index in [2.05, 4.69) is 10.0 Å². The number of hydrogen-bond donors (Lipinski definition) is 2. The van der Waals surface area contributed by atoms with Crippen LogP contribution in [0.3, 0.4) is 0 Å². The summed E-state index contributed by atoms with van der Waals surface area (Å²) in [6, 6.07) is 0.0751. The van der Waals surface area contributed by atoms with Crippen molar-refractivity contribution in [3.05, 3.63) is 0 Å². The van der Waals surface area contributed by atoms with Crippen molar-refractivity contribution in [2.45, 2.75) is 39.7 Å². The summed E-state index contributed by atoms with van der Waals surface area (Å²) in [4.78, 5) is 0. The van der Waals surface area contributed by atoms with Crippen LogP contribution in [0.25, 0.3) is 0 Å². The number of nitrogens with one attached hydrogen (secondary N) is 2. The molecule has 0 aromatic carbocycles. The molecule has 16 heavy (non-hydrogen) atoms. The Labute approximate surface area is 105 Å². The van der Waals surface area contributed by atoms with Crippen LogP contribution in [0, 0.1) is 5.41 Å². The summed E-state index contributed by atoms with van der Waals surface area (Å²) in [7, 11) is -3.13. The Bertz CT molecular complexity index is 292. The van der Waals surface area contributed by atoms with Crippen molar-refractivity contribution in [3.8, 4) is 0 Å². The van der Waals surface area contributed by atoms with Crippen LogP contribution < -0.4 is 10.0 Å². The van der Waals surface area contributed by atoms with Crippen molar-refractivity contribution in [1.82, 2.24) is 10.0 Å². The van der Waals surface area contributed by atoms with Gasteiger partial charge in [-0.1, -0.05) is 20.8 Å². The summed E-state index contributed by atoms with van der Waals surface area (Å²) in [5.74, 6) is 0.191. The van der Waals surface area contributed by atoms with Gasteiger partial charge < -0.3 is 5.32 Å². The third kappa shape index (κ3) is 6.68. The molecule has 1 heterocycles. The fourth-order valence-corrected chi connectivity index (χ4v) is 3.75. The molecule has 6 heteroatoms. The Hall–Kier alpha value is 0.160. The van der Waals surface area contributed by atoms with Gasteiger partial charge in [0.1, 0.15) is 0 Å². The van der Waals surface area contributed by atoms with E-state index in [1.54, 1.807) is 0 Å². The van der Waals surface area contributed by atoms with Crippen molar-refractivity contribution in [2.75, 3.05) is 18.8 Å². The fraction of sp³-hybridized carbons (Fsp3) is 1.00. The van der Waals surface area contributed by atoms with E-state index in [0.29, 0.717) is 0 Å². The molecule has 1 saturated heterocycles. The maximum Gasteiger partial charge on any atom is 0.212 e. The number of halogens is 1. The summed E-state index contributed by atoms with van der Waals surface area (Å²) in [5.41, 5.74) is -0.187. The molecule has 1 fully saturated rings. The molecule has 0 radical (unpaired) electrons. The van der Waals surface area contributed by atoms with Gasteiger partial charge in [-0.15, -0.1) is 12.4 Å². The zero-order valence-electron chi connectivity index (χ0n) is 10.2. The van der Waals surface area contributed by atoms with Gasteiger partial charge in [-0.3, -0.25) is 0 Å². The number of hydrogen-bond acceptors (Lipinski definition) is 3. The second kappa shape index (κ2) is 6.19. The van der Waals surface area contributed by atoms with E-state index in [9.17, 15) is 8.42 Å². The van der Waals surface area contributed by atoms with Crippen LogP contribution in [0.1, 0.15) is 33.6 Å². The van der Waals surface area contributed by atoms with Gasteiger partial charge in [-0.25, -0.2) is 13.1 Å². The minimum absolute atomic E-state index is 0. The lowest BCUT2D eigenvalue weighted by atomic mass is 10.0. The van der Waals surface area contributed by atoms with Gasteiger partial charge in [-0.2, -0.15) is 0 Å². The highest BCUT2D eigenvalue weighted by atomic mass is 35.5. The Kier molecular flexibility index (Phi) is 6.25. The molecule has 0 amide bonds. The summed E-state index contributed by atoms with van der Waals surface area (Å²) in [5, 5.41) is 3.19. The lowest BCUT2D eigenvalue weighted by molar-refractivity contribution is 0.417. The number of rotatable bonds is 3. The lowest BCUT2D eigenvalue weighted by Crippen LogP contribution is -2.47. The molecule has 98 valence electrons. The monoisotopic (exact) mass is 270 g/mol. The summed E-state index contributed by atoms with van der Waals surface area (Å²) in [6.07, 6.45) is 1.99. The number of piperidine rings is 1.